The lowest BCUT2D eigenvalue weighted by molar-refractivity contribution is 0.448. The van der Waals surface area contributed by atoms with E-state index in [1.54, 1.807) is 0 Å². The van der Waals surface area contributed by atoms with Gasteiger partial charge in [0.2, 0.25) is 0 Å². The number of allylic oxidation sites excluding steroid dienone is 2. The van der Waals surface area contributed by atoms with Crippen LogP contribution in [0.1, 0.15) is 31.0 Å². The number of aryl methyl sites for hydroxylation is 1. The highest BCUT2D eigenvalue weighted by atomic mass is 79.9. The molecule has 1 aromatic heterocycles. The molecule has 0 aliphatic heterocycles. The lowest BCUT2D eigenvalue weighted by Gasteiger charge is -2.25. The molecule has 0 saturated carbocycles. The van der Waals surface area contributed by atoms with Crippen LogP contribution in [0.25, 0.3) is 10.9 Å². The normalized spacial score (nSPS) is 21.1. The summed E-state index contributed by atoms with van der Waals surface area (Å²) in [6.07, 6.45) is 7.46. The molecule has 0 saturated heterocycles. The minimum atomic E-state index is 0.214. The van der Waals surface area contributed by atoms with E-state index in [-0.39, 0.29) is 5.41 Å². The minimum Gasteiger partial charge on any atom is -0.340 e. The van der Waals surface area contributed by atoms with Crippen molar-refractivity contribution in [3.8, 4) is 0 Å². The quantitative estimate of drug-likeness (QED) is 0.664. The summed E-state index contributed by atoms with van der Waals surface area (Å²) < 4.78 is 3.60. The van der Waals surface area contributed by atoms with Gasteiger partial charge in [-0.2, -0.15) is 0 Å². The Bertz CT molecular complexity index is 695. The number of nitrogens with zero attached hydrogens (tertiary/aromatic N) is 1. The second-order valence-corrected chi connectivity index (χ2v) is 6.86. The lowest BCUT2D eigenvalue weighted by Crippen LogP contribution is -2.21. The smallest absolute Gasteiger partial charge is 0.0489 e. The average Bonchev–Trinajstić information content (AvgIpc) is 2.89. The zero-order chi connectivity index (χ0) is 14.3. The molecular formula is C18H20BrN. The van der Waals surface area contributed by atoms with Crippen LogP contribution in [0, 0.1) is 0 Å². The van der Waals surface area contributed by atoms with E-state index >= 15 is 0 Å². The van der Waals surface area contributed by atoms with Crippen LogP contribution in [0.3, 0.4) is 0 Å². The highest BCUT2D eigenvalue weighted by Crippen LogP contribution is 2.46. The van der Waals surface area contributed by atoms with Gasteiger partial charge in [0.1, 0.15) is 0 Å². The van der Waals surface area contributed by atoms with Crippen LogP contribution in [0.15, 0.2) is 48.0 Å². The Morgan fingerprint density at radius 3 is 2.85 bits per heavy atom. The summed E-state index contributed by atoms with van der Waals surface area (Å²) in [7, 11) is 0. The molecule has 0 amide bonds. The van der Waals surface area contributed by atoms with Gasteiger partial charge in [-0.25, -0.2) is 0 Å². The summed E-state index contributed by atoms with van der Waals surface area (Å²) >= 11 is 3.60. The predicted molar refractivity (Wildman–Crippen MR) is 90.3 cm³/mol. The van der Waals surface area contributed by atoms with Gasteiger partial charge in [0.15, 0.2) is 0 Å². The van der Waals surface area contributed by atoms with E-state index in [1.165, 1.54) is 28.6 Å². The zero-order valence-electron chi connectivity index (χ0n) is 12.0. The summed E-state index contributed by atoms with van der Waals surface area (Å²) in [5.74, 6) is 0. The summed E-state index contributed by atoms with van der Waals surface area (Å²) in [4.78, 5) is 0. The number of halogens is 1. The topological polar surface area (TPSA) is 4.93 Å². The number of aromatic nitrogens is 1. The Hall–Kier alpha value is -1.28. The largest absolute Gasteiger partial charge is 0.340 e. The third-order valence-corrected chi connectivity index (χ3v) is 5.03. The van der Waals surface area contributed by atoms with Gasteiger partial charge in [0.25, 0.3) is 0 Å². The van der Waals surface area contributed by atoms with E-state index in [9.17, 15) is 0 Å². The minimum absolute atomic E-state index is 0.214. The Labute approximate surface area is 129 Å². The van der Waals surface area contributed by atoms with Crippen LogP contribution in [-0.2, 0) is 18.4 Å². The summed E-state index contributed by atoms with van der Waals surface area (Å²) in [6.45, 7) is 11.1. The Morgan fingerprint density at radius 1 is 1.35 bits per heavy atom. The molecule has 1 aromatic carbocycles. The number of hydrogen-bond donors (Lipinski definition) is 0. The van der Waals surface area contributed by atoms with Crippen molar-refractivity contribution in [2.45, 2.75) is 38.1 Å². The average molecular weight is 330 g/mol. The first-order valence-electron chi connectivity index (χ1n) is 7.13. The summed E-state index contributed by atoms with van der Waals surface area (Å²) in [5, 5.41) is 1.39. The van der Waals surface area contributed by atoms with E-state index < -0.39 is 0 Å². The van der Waals surface area contributed by atoms with Crippen molar-refractivity contribution in [2.75, 3.05) is 0 Å². The molecule has 0 spiro atoms. The summed E-state index contributed by atoms with van der Waals surface area (Å²) in [5.41, 5.74) is 4.55. The second kappa shape index (κ2) is 4.92. The van der Waals surface area contributed by atoms with Crippen molar-refractivity contribution in [3.05, 3.63) is 59.2 Å². The van der Waals surface area contributed by atoms with Crippen molar-refractivity contribution in [1.82, 2.24) is 4.57 Å². The number of rotatable bonds is 4. The van der Waals surface area contributed by atoms with Crippen molar-refractivity contribution in [2.24, 2.45) is 0 Å². The molecule has 1 heterocycles. The van der Waals surface area contributed by atoms with Crippen molar-refractivity contribution in [3.63, 3.8) is 0 Å². The fourth-order valence-corrected chi connectivity index (χ4v) is 4.06. The van der Waals surface area contributed by atoms with Crippen molar-refractivity contribution in [1.29, 1.82) is 0 Å². The van der Waals surface area contributed by atoms with Gasteiger partial charge in [0.05, 0.1) is 0 Å². The molecule has 20 heavy (non-hydrogen) atoms. The van der Waals surface area contributed by atoms with Gasteiger partial charge in [-0.3, -0.25) is 0 Å². The van der Waals surface area contributed by atoms with Crippen molar-refractivity contribution < 1.29 is 0 Å². The summed E-state index contributed by atoms with van der Waals surface area (Å²) in [6, 6.07) is 6.60. The lowest BCUT2D eigenvalue weighted by atomic mass is 9.84. The molecule has 1 nitrogen and oxygen atoms in total. The standard InChI is InChI=1S/C18H20BrN/c1-4-9-18(3)10-8-14-15-12-13(19)6-7-16(15)20(11-5-2)17(14)18/h4-7,12H,1-2,8-11H2,3H3. The second-order valence-electron chi connectivity index (χ2n) is 5.94. The molecule has 1 aliphatic rings. The first-order chi connectivity index (χ1) is 9.60. The molecule has 0 fully saturated rings. The first-order valence-corrected chi connectivity index (χ1v) is 7.93. The van der Waals surface area contributed by atoms with Gasteiger partial charge in [-0.15, -0.1) is 13.2 Å². The Kier molecular flexibility index (Phi) is 3.37. The molecule has 104 valence electrons. The van der Waals surface area contributed by atoms with Crippen LogP contribution in [0.4, 0.5) is 0 Å². The maximum Gasteiger partial charge on any atom is 0.0489 e. The third kappa shape index (κ3) is 1.89. The van der Waals surface area contributed by atoms with Crippen LogP contribution in [0.5, 0.6) is 0 Å². The molecule has 1 atom stereocenters. The molecule has 2 aromatic rings. The highest BCUT2D eigenvalue weighted by Gasteiger charge is 2.38. The predicted octanol–water partition coefficient (Wildman–Crippen LogP) is 5.37. The zero-order valence-corrected chi connectivity index (χ0v) is 13.5. The fourth-order valence-electron chi connectivity index (χ4n) is 3.69. The molecule has 0 N–H and O–H groups in total. The van der Waals surface area contributed by atoms with Crippen LogP contribution >= 0.6 is 15.9 Å². The van der Waals surface area contributed by atoms with Gasteiger partial charge in [0, 0.05) is 33.0 Å². The number of hydrogen-bond acceptors (Lipinski definition) is 0. The third-order valence-electron chi connectivity index (χ3n) is 4.54. The monoisotopic (exact) mass is 329 g/mol. The van der Waals surface area contributed by atoms with Gasteiger partial charge in [-0.1, -0.05) is 35.0 Å². The van der Waals surface area contributed by atoms with E-state index in [4.69, 9.17) is 0 Å². The molecule has 3 rings (SSSR count). The van der Waals surface area contributed by atoms with E-state index in [0.717, 1.165) is 23.9 Å². The number of benzene rings is 1. The van der Waals surface area contributed by atoms with Gasteiger partial charge >= 0.3 is 0 Å². The highest BCUT2D eigenvalue weighted by molar-refractivity contribution is 9.10. The van der Waals surface area contributed by atoms with Crippen molar-refractivity contribution >= 4 is 26.8 Å². The number of fused-ring (bicyclic) bond motifs is 3. The van der Waals surface area contributed by atoms with Crippen LogP contribution in [0.2, 0.25) is 0 Å². The van der Waals surface area contributed by atoms with E-state index in [1.807, 2.05) is 6.08 Å². The Balaban J connectivity index is 2.33. The van der Waals surface area contributed by atoms with Crippen LogP contribution < -0.4 is 0 Å². The van der Waals surface area contributed by atoms with Gasteiger partial charge in [-0.05, 0) is 43.0 Å². The van der Waals surface area contributed by atoms with Gasteiger partial charge < -0.3 is 4.57 Å². The fraction of sp³-hybridized carbons (Fsp3) is 0.333. The van der Waals surface area contributed by atoms with Crippen LogP contribution in [-0.4, -0.2) is 4.57 Å². The molecule has 2 heteroatoms. The van der Waals surface area contributed by atoms with E-state index in [2.05, 4.69) is 64.9 Å². The molecule has 0 bridgehead atoms. The Morgan fingerprint density at radius 2 is 2.15 bits per heavy atom. The molecular weight excluding hydrogens is 310 g/mol. The maximum atomic E-state index is 3.95. The maximum absolute atomic E-state index is 3.95. The first kappa shape index (κ1) is 13.7. The molecule has 1 unspecified atom stereocenters. The SMILES string of the molecule is C=CCn1c2c(c3cc(Br)ccc31)CCC2(C)CC=C. The van der Waals surface area contributed by atoms with E-state index in [0.29, 0.717) is 0 Å². The molecule has 1 aliphatic carbocycles. The molecule has 0 radical (unpaired) electrons.